The van der Waals surface area contributed by atoms with Crippen molar-refractivity contribution >= 4 is 18.0 Å². The molecule has 1 atom stereocenters. The quantitative estimate of drug-likeness (QED) is 0.546. The number of nitrogens with zero attached hydrogens (tertiary/aromatic N) is 1. The third-order valence-electron chi connectivity index (χ3n) is 4.81. The van der Waals surface area contributed by atoms with E-state index in [1.165, 1.54) is 0 Å². The standard InChI is InChI=1S/C22H22F4N2O5/c1-28(19(29)11-10-15-16(22(24,25)26)8-5-9-17(15)23)18(20(30)31)12-27-21(32)33-13-14-6-3-2-4-7-14/h2-9,18H,10-13H2,1H3,(H,27,32)(H,30,31)/t18-/m0/s1. The molecule has 2 amide bonds. The van der Waals surface area contributed by atoms with Gasteiger partial charge in [-0.1, -0.05) is 36.4 Å². The van der Waals surface area contributed by atoms with Crippen molar-refractivity contribution in [1.29, 1.82) is 0 Å². The number of likely N-dealkylation sites (N-methyl/N-ethyl adjacent to an activating group) is 1. The summed E-state index contributed by atoms with van der Waals surface area (Å²) in [6, 6.07) is 9.68. The molecule has 178 valence electrons. The van der Waals surface area contributed by atoms with Gasteiger partial charge in [0.05, 0.1) is 12.1 Å². The lowest BCUT2D eigenvalue weighted by atomic mass is 10.0. The zero-order valence-corrected chi connectivity index (χ0v) is 17.6. The SMILES string of the molecule is CN(C(=O)CCc1c(F)cccc1C(F)(F)F)[C@@H](CNC(=O)OCc1ccccc1)C(=O)O. The van der Waals surface area contributed by atoms with Crippen molar-refractivity contribution in [2.45, 2.75) is 31.7 Å². The van der Waals surface area contributed by atoms with Gasteiger partial charge in [0, 0.05) is 19.0 Å². The molecule has 11 heteroatoms. The molecule has 0 spiro atoms. The van der Waals surface area contributed by atoms with Gasteiger partial charge in [0.25, 0.3) is 0 Å². The molecular formula is C22H22F4N2O5. The summed E-state index contributed by atoms with van der Waals surface area (Å²) in [4.78, 5) is 36.6. The van der Waals surface area contributed by atoms with Crippen LogP contribution in [-0.2, 0) is 33.5 Å². The van der Waals surface area contributed by atoms with Gasteiger partial charge in [-0.25, -0.2) is 14.0 Å². The molecule has 0 bridgehead atoms. The zero-order chi connectivity index (χ0) is 24.6. The molecule has 0 radical (unpaired) electrons. The summed E-state index contributed by atoms with van der Waals surface area (Å²) in [5, 5.41) is 11.6. The van der Waals surface area contributed by atoms with Crippen molar-refractivity contribution in [2.24, 2.45) is 0 Å². The first kappa shape index (κ1) is 25.6. The number of carboxylic acids is 1. The van der Waals surface area contributed by atoms with E-state index in [9.17, 15) is 37.1 Å². The molecule has 0 unspecified atom stereocenters. The predicted octanol–water partition coefficient (Wildman–Crippen LogP) is 3.62. The van der Waals surface area contributed by atoms with Crippen molar-refractivity contribution in [3.63, 3.8) is 0 Å². The van der Waals surface area contributed by atoms with Crippen molar-refractivity contribution in [1.82, 2.24) is 10.2 Å². The molecule has 0 aliphatic heterocycles. The van der Waals surface area contributed by atoms with Crippen molar-refractivity contribution in [3.05, 3.63) is 71.0 Å². The molecule has 0 saturated heterocycles. The fourth-order valence-electron chi connectivity index (χ4n) is 3.00. The largest absolute Gasteiger partial charge is 0.480 e. The maximum atomic E-state index is 13.9. The molecule has 0 fully saturated rings. The van der Waals surface area contributed by atoms with E-state index in [1.807, 2.05) is 0 Å². The van der Waals surface area contributed by atoms with Crippen LogP contribution in [0.2, 0.25) is 0 Å². The minimum atomic E-state index is -4.81. The van der Waals surface area contributed by atoms with E-state index in [-0.39, 0.29) is 6.61 Å². The van der Waals surface area contributed by atoms with Crippen LogP contribution in [0.25, 0.3) is 0 Å². The molecule has 0 aromatic heterocycles. The van der Waals surface area contributed by atoms with Gasteiger partial charge in [0.15, 0.2) is 0 Å². The number of carbonyl (C=O) groups is 3. The molecular weight excluding hydrogens is 448 g/mol. The Morgan fingerprint density at radius 3 is 2.36 bits per heavy atom. The Morgan fingerprint density at radius 2 is 1.76 bits per heavy atom. The van der Waals surface area contributed by atoms with Gasteiger partial charge in [-0.3, -0.25) is 4.79 Å². The number of alkyl halides is 3. The maximum absolute atomic E-state index is 13.9. The molecule has 2 N–H and O–H groups in total. The Hall–Kier alpha value is -3.63. The van der Waals surface area contributed by atoms with Crippen LogP contribution in [0, 0.1) is 5.82 Å². The average Bonchev–Trinajstić information content (AvgIpc) is 2.76. The first-order valence-corrected chi connectivity index (χ1v) is 9.78. The monoisotopic (exact) mass is 470 g/mol. The summed E-state index contributed by atoms with van der Waals surface area (Å²) in [5.74, 6) is -3.40. The first-order valence-electron chi connectivity index (χ1n) is 9.78. The number of hydrogen-bond donors (Lipinski definition) is 2. The van der Waals surface area contributed by atoms with Gasteiger partial charge in [-0.2, -0.15) is 13.2 Å². The number of nitrogens with one attached hydrogen (secondary N) is 1. The number of carbonyl (C=O) groups excluding carboxylic acids is 2. The van der Waals surface area contributed by atoms with Crippen molar-refractivity contribution < 1.29 is 41.8 Å². The van der Waals surface area contributed by atoms with E-state index in [4.69, 9.17) is 4.74 Å². The van der Waals surface area contributed by atoms with Gasteiger partial charge in [0.2, 0.25) is 5.91 Å². The summed E-state index contributed by atoms with van der Waals surface area (Å²) >= 11 is 0. The van der Waals surface area contributed by atoms with Crippen LogP contribution in [0.4, 0.5) is 22.4 Å². The number of ether oxygens (including phenoxy) is 1. The average molecular weight is 470 g/mol. The Kier molecular flexibility index (Phi) is 8.78. The number of benzene rings is 2. The predicted molar refractivity (Wildman–Crippen MR) is 109 cm³/mol. The number of rotatable bonds is 9. The minimum absolute atomic E-state index is 0.0522. The second-order valence-corrected chi connectivity index (χ2v) is 7.07. The number of halogens is 4. The Labute approximate surface area is 187 Å². The van der Waals surface area contributed by atoms with Crippen LogP contribution in [0.5, 0.6) is 0 Å². The molecule has 2 aromatic carbocycles. The number of aliphatic carboxylic acids is 1. The van der Waals surface area contributed by atoms with Crippen LogP contribution in [0.15, 0.2) is 48.5 Å². The smallest absolute Gasteiger partial charge is 0.416 e. The Bertz CT molecular complexity index is 982. The van der Waals surface area contributed by atoms with Gasteiger partial charge >= 0.3 is 18.2 Å². The van der Waals surface area contributed by atoms with E-state index < -0.39 is 66.5 Å². The molecule has 0 saturated carbocycles. The highest BCUT2D eigenvalue weighted by Gasteiger charge is 2.35. The number of alkyl carbamates (subject to hydrolysis) is 1. The fourth-order valence-corrected chi connectivity index (χ4v) is 3.00. The van der Waals surface area contributed by atoms with Gasteiger partial charge < -0.3 is 20.1 Å². The molecule has 0 heterocycles. The summed E-state index contributed by atoms with van der Waals surface area (Å²) < 4.78 is 58.2. The van der Waals surface area contributed by atoms with E-state index >= 15 is 0 Å². The van der Waals surface area contributed by atoms with Crippen LogP contribution in [0.1, 0.15) is 23.1 Å². The zero-order valence-electron chi connectivity index (χ0n) is 17.6. The van der Waals surface area contributed by atoms with Crippen molar-refractivity contribution in [3.8, 4) is 0 Å². The van der Waals surface area contributed by atoms with E-state index in [0.717, 1.165) is 24.1 Å². The van der Waals surface area contributed by atoms with Gasteiger partial charge in [-0.05, 0) is 24.1 Å². The maximum Gasteiger partial charge on any atom is 0.416 e. The molecule has 0 aliphatic carbocycles. The van der Waals surface area contributed by atoms with Crippen LogP contribution in [0.3, 0.4) is 0 Å². The van der Waals surface area contributed by atoms with Crippen LogP contribution in [-0.4, -0.2) is 47.6 Å². The minimum Gasteiger partial charge on any atom is -0.480 e. The second kappa shape index (κ2) is 11.3. The highest BCUT2D eigenvalue weighted by molar-refractivity contribution is 5.84. The topological polar surface area (TPSA) is 95.9 Å². The van der Waals surface area contributed by atoms with Gasteiger partial charge in [0.1, 0.15) is 18.5 Å². The van der Waals surface area contributed by atoms with Crippen molar-refractivity contribution in [2.75, 3.05) is 13.6 Å². The lowest BCUT2D eigenvalue weighted by molar-refractivity contribution is -0.148. The summed E-state index contributed by atoms with van der Waals surface area (Å²) in [6.07, 6.45) is -6.86. The van der Waals surface area contributed by atoms with Gasteiger partial charge in [-0.15, -0.1) is 0 Å². The van der Waals surface area contributed by atoms with Crippen LogP contribution < -0.4 is 5.32 Å². The second-order valence-electron chi connectivity index (χ2n) is 7.07. The summed E-state index contributed by atoms with van der Waals surface area (Å²) in [5.41, 5.74) is -1.17. The lowest BCUT2D eigenvalue weighted by Gasteiger charge is -2.25. The molecule has 7 nitrogen and oxygen atoms in total. The molecule has 2 rings (SSSR count). The Morgan fingerprint density at radius 1 is 1.09 bits per heavy atom. The highest BCUT2D eigenvalue weighted by atomic mass is 19.4. The third kappa shape index (κ3) is 7.48. The normalized spacial score (nSPS) is 12.0. The fraction of sp³-hybridized carbons (Fsp3) is 0.318. The third-order valence-corrected chi connectivity index (χ3v) is 4.81. The number of hydrogen-bond acceptors (Lipinski definition) is 4. The molecule has 2 aromatic rings. The number of carboxylic acid groups (broad SMARTS) is 1. The first-order chi connectivity index (χ1) is 15.5. The molecule has 33 heavy (non-hydrogen) atoms. The summed E-state index contributed by atoms with van der Waals surface area (Å²) in [6.45, 7) is -0.554. The molecule has 0 aliphatic rings. The lowest BCUT2D eigenvalue weighted by Crippen LogP contribution is -2.49. The Balaban J connectivity index is 1.95. The van der Waals surface area contributed by atoms with Crippen LogP contribution >= 0.6 is 0 Å². The van der Waals surface area contributed by atoms with E-state index in [1.54, 1.807) is 30.3 Å². The summed E-state index contributed by atoms with van der Waals surface area (Å²) in [7, 11) is 1.13. The number of amides is 2. The van der Waals surface area contributed by atoms with E-state index in [2.05, 4.69) is 5.32 Å². The highest BCUT2D eigenvalue weighted by Crippen LogP contribution is 2.33. The van der Waals surface area contributed by atoms with E-state index in [0.29, 0.717) is 11.6 Å².